The van der Waals surface area contributed by atoms with Gasteiger partial charge in [-0.1, -0.05) is 152 Å². The molecule has 0 saturated carbocycles. The van der Waals surface area contributed by atoms with Gasteiger partial charge < -0.3 is 8.98 Å². The second-order valence-corrected chi connectivity index (χ2v) is 16.1. The molecule has 0 spiro atoms. The van der Waals surface area contributed by atoms with Gasteiger partial charge in [0.15, 0.2) is 11.6 Å². The number of hydrogen-bond donors (Lipinski definition) is 0. The van der Waals surface area contributed by atoms with Crippen molar-refractivity contribution in [3.63, 3.8) is 0 Å². The molecule has 0 saturated heterocycles. The highest BCUT2D eigenvalue weighted by Crippen LogP contribution is 2.52. The van der Waals surface area contributed by atoms with Crippen LogP contribution in [0.2, 0.25) is 0 Å². The van der Waals surface area contributed by atoms with Crippen molar-refractivity contribution in [3.05, 3.63) is 229 Å². The number of hydrogen-bond acceptors (Lipinski definition) is 3. The molecule has 1 aliphatic rings. The highest BCUT2D eigenvalue weighted by Gasteiger charge is 2.33. The summed E-state index contributed by atoms with van der Waals surface area (Å²) in [6, 6.07) is 75.9. The molecule has 3 aromatic heterocycles. The zero-order valence-electron chi connectivity index (χ0n) is 33.5. The Kier molecular flexibility index (Phi) is 7.60. The van der Waals surface area contributed by atoms with Crippen LogP contribution in [0.3, 0.4) is 0 Å². The van der Waals surface area contributed by atoms with Crippen molar-refractivity contribution in [2.45, 2.75) is 5.92 Å². The first kappa shape index (κ1) is 34.6. The van der Waals surface area contributed by atoms with Crippen LogP contribution in [-0.2, 0) is 0 Å². The van der Waals surface area contributed by atoms with Crippen LogP contribution in [0, 0.1) is 0 Å². The molecule has 62 heavy (non-hydrogen) atoms. The van der Waals surface area contributed by atoms with Crippen LogP contribution in [0.25, 0.3) is 100 Å². The molecule has 9 aromatic carbocycles. The summed E-state index contributed by atoms with van der Waals surface area (Å²) in [5.41, 5.74) is 17.0. The molecule has 0 fully saturated rings. The van der Waals surface area contributed by atoms with Crippen molar-refractivity contribution in [2.75, 3.05) is 0 Å². The minimum atomic E-state index is 0.0199. The zero-order chi connectivity index (χ0) is 40.7. The van der Waals surface area contributed by atoms with Crippen LogP contribution in [-0.4, -0.2) is 19.3 Å². The lowest BCUT2D eigenvalue weighted by Crippen LogP contribution is -2.04. The van der Waals surface area contributed by atoms with E-state index in [1.807, 2.05) is 30.3 Å². The maximum atomic E-state index is 6.50. The Morgan fingerprint density at radius 1 is 0.355 bits per heavy atom. The van der Waals surface area contributed by atoms with Gasteiger partial charge in [0.2, 0.25) is 0 Å². The number of para-hydroxylation sites is 4. The van der Waals surface area contributed by atoms with Crippen molar-refractivity contribution in [3.8, 4) is 56.4 Å². The smallest absolute Gasteiger partial charge is 0.168 e. The Hall–Kier alpha value is -8.28. The Morgan fingerprint density at radius 2 is 0.952 bits per heavy atom. The highest BCUT2D eigenvalue weighted by atomic mass is 16.3. The molecular weight excluding hydrogens is 757 g/mol. The van der Waals surface area contributed by atoms with Gasteiger partial charge in [-0.25, -0.2) is 0 Å². The van der Waals surface area contributed by atoms with E-state index in [1.165, 1.54) is 44.3 Å². The first-order valence-electron chi connectivity index (χ1n) is 21.1. The third kappa shape index (κ3) is 5.15. The number of benzene rings is 9. The number of rotatable bonds is 6. The molecule has 13 rings (SSSR count). The molecule has 1 aliphatic carbocycles. The van der Waals surface area contributed by atoms with Crippen molar-refractivity contribution in [1.29, 1.82) is 0 Å². The predicted octanol–water partition coefficient (Wildman–Crippen LogP) is 14.4. The molecule has 1 unspecified atom stereocenters. The number of nitrogens with zero attached hydrogens (tertiary/aromatic N) is 4. The van der Waals surface area contributed by atoms with Gasteiger partial charge in [-0.15, -0.1) is 10.2 Å². The van der Waals surface area contributed by atoms with E-state index in [2.05, 4.69) is 191 Å². The summed E-state index contributed by atoms with van der Waals surface area (Å²) in [6.07, 6.45) is 0. The van der Waals surface area contributed by atoms with Crippen LogP contribution in [0.4, 0.5) is 0 Å². The summed E-state index contributed by atoms with van der Waals surface area (Å²) in [4.78, 5) is 0. The third-order valence-electron chi connectivity index (χ3n) is 12.8. The van der Waals surface area contributed by atoms with E-state index in [-0.39, 0.29) is 5.92 Å². The van der Waals surface area contributed by atoms with E-state index >= 15 is 0 Å². The largest absolute Gasteiger partial charge is 0.456 e. The molecular formula is C57H36N4O. The Morgan fingerprint density at radius 3 is 1.74 bits per heavy atom. The summed E-state index contributed by atoms with van der Waals surface area (Å²) >= 11 is 0. The van der Waals surface area contributed by atoms with E-state index in [1.54, 1.807) is 0 Å². The fourth-order valence-corrected chi connectivity index (χ4v) is 10.1. The average molecular weight is 793 g/mol. The highest BCUT2D eigenvalue weighted by molar-refractivity contribution is 6.11. The van der Waals surface area contributed by atoms with Crippen molar-refractivity contribution < 1.29 is 4.42 Å². The summed E-state index contributed by atoms with van der Waals surface area (Å²) in [6.45, 7) is 0. The molecule has 1 atom stereocenters. The minimum Gasteiger partial charge on any atom is -0.456 e. The van der Waals surface area contributed by atoms with Gasteiger partial charge in [-0.3, -0.25) is 4.57 Å². The van der Waals surface area contributed by atoms with Gasteiger partial charge in [-0.05, 0) is 94.0 Å². The standard InChI is InChI=1S/C57H36N4O/c1-3-17-36(18-4-1)56-58-59-57(60(56)38-19-5-2-6-20-38)37-31-32-52-47(33-37)42-24-12-15-29-51(42)61(52)50-28-14-11-23-41(50)39-21-7-9-26-44(39)55-45-27-10-8-22-40(45)46-34-48-43-25-13-16-30-53(43)62-54(48)35-49(46)55/h1-35,55H. The van der Waals surface area contributed by atoms with Gasteiger partial charge in [0.05, 0.1) is 16.7 Å². The topological polar surface area (TPSA) is 48.8 Å². The molecule has 5 nitrogen and oxygen atoms in total. The molecule has 290 valence electrons. The maximum Gasteiger partial charge on any atom is 0.168 e. The number of furan rings is 1. The second-order valence-electron chi connectivity index (χ2n) is 16.1. The van der Waals surface area contributed by atoms with Gasteiger partial charge in [0.1, 0.15) is 11.2 Å². The monoisotopic (exact) mass is 792 g/mol. The Bertz CT molecular complexity index is 3710. The molecule has 0 bridgehead atoms. The molecule has 0 aliphatic heterocycles. The number of aromatic nitrogens is 4. The van der Waals surface area contributed by atoms with E-state index in [0.717, 1.165) is 72.5 Å². The molecule has 5 heteroatoms. The summed E-state index contributed by atoms with van der Waals surface area (Å²) < 4.78 is 11.1. The van der Waals surface area contributed by atoms with Crippen molar-refractivity contribution in [2.24, 2.45) is 0 Å². The van der Waals surface area contributed by atoms with Crippen LogP contribution < -0.4 is 0 Å². The lowest BCUT2D eigenvalue weighted by Gasteiger charge is -2.21. The Balaban J connectivity index is 0.996. The normalized spacial score (nSPS) is 13.3. The van der Waals surface area contributed by atoms with Crippen LogP contribution in [0.1, 0.15) is 22.6 Å². The second kappa shape index (κ2) is 13.6. The lowest BCUT2D eigenvalue weighted by molar-refractivity contribution is 0.668. The van der Waals surface area contributed by atoms with Gasteiger partial charge in [-0.2, -0.15) is 0 Å². The van der Waals surface area contributed by atoms with Gasteiger partial charge >= 0.3 is 0 Å². The average Bonchev–Trinajstić information content (AvgIpc) is 4.11. The van der Waals surface area contributed by atoms with Gasteiger partial charge in [0, 0.05) is 49.8 Å². The Labute approximate surface area is 357 Å². The third-order valence-corrected chi connectivity index (χ3v) is 12.8. The molecule has 0 amide bonds. The molecule has 3 heterocycles. The quantitative estimate of drug-likeness (QED) is 0.168. The van der Waals surface area contributed by atoms with E-state index in [9.17, 15) is 0 Å². The zero-order valence-corrected chi connectivity index (χ0v) is 33.5. The summed E-state index contributed by atoms with van der Waals surface area (Å²) in [7, 11) is 0. The lowest BCUT2D eigenvalue weighted by atomic mass is 9.84. The van der Waals surface area contributed by atoms with E-state index in [4.69, 9.17) is 14.6 Å². The van der Waals surface area contributed by atoms with Crippen molar-refractivity contribution in [1.82, 2.24) is 19.3 Å². The van der Waals surface area contributed by atoms with E-state index in [0.29, 0.717) is 0 Å². The van der Waals surface area contributed by atoms with Crippen LogP contribution >= 0.6 is 0 Å². The number of fused-ring (bicyclic) bond motifs is 9. The molecule has 12 aromatic rings. The molecule has 0 N–H and O–H groups in total. The van der Waals surface area contributed by atoms with Gasteiger partial charge in [0.25, 0.3) is 0 Å². The SMILES string of the molecule is c1ccc(-c2nnc(-c3ccc4c(c3)c3ccccc3n4-c3ccccc3-c3ccccc3C3c4ccccc4-c4cc5c(cc43)oc3ccccc35)n2-c2ccccc2)cc1. The first-order valence-corrected chi connectivity index (χ1v) is 21.1. The first-order chi connectivity index (χ1) is 30.8. The minimum absolute atomic E-state index is 0.0199. The maximum absolute atomic E-state index is 6.50. The fourth-order valence-electron chi connectivity index (χ4n) is 10.1. The summed E-state index contributed by atoms with van der Waals surface area (Å²) in [5, 5.41) is 14.3. The van der Waals surface area contributed by atoms with Crippen molar-refractivity contribution >= 4 is 43.7 Å². The predicted molar refractivity (Wildman–Crippen MR) is 252 cm³/mol. The fraction of sp³-hybridized carbons (Fsp3) is 0.0175. The van der Waals surface area contributed by atoms with E-state index < -0.39 is 0 Å². The molecule has 0 radical (unpaired) electrons. The summed E-state index contributed by atoms with van der Waals surface area (Å²) in [5.74, 6) is 1.61. The van der Waals surface area contributed by atoms with Crippen LogP contribution in [0.5, 0.6) is 0 Å². The van der Waals surface area contributed by atoms with Crippen LogP contribution in [0.15, 0.2) is 217 Å².